The molecule has 182 valence electrons. The van der Waals surface area contributed by atoms with Crippen molar-refractivity contribution in [1.82, 2.24) is 15.5 Å². The molecule has 10 nitrogen and oxygen atoms in total. The van der Waals surface area contributed by atoms with E-state index in [0.29, 0.717) is 18.1 Å². The van der Waals surface area contributed by atoms with E-state index >= 15 is 0 Å². The largest absolute Gasteiger partial charge is 0.479 e. The molecule has 0 aromatic carbocycles. The smallest absolute Gasteiger partial charge is 0.411 e. The molecule has 1 rings (SSSR count). The lowest BCUT2D eigenvalue weighted by atomic mass is 10.0. The molecule has 2 atom stereocenters. The maximum Gasteiger partial charge on any atom is 0.411 e. The Morgan fingerprint density at radius 1 is 1.12 bits per heavy atom. The standard InChI is InChI=1S/C21H35N3O7S/c1-13(15(17(26)27)23-18(28)30-20(2,3)4)9-8-10-22-16(25)14-11-32-12-24(14)19(29)31-21(5,6)7/h14-15H,1,8-12H2,2-7H3,(H,22,25)(H,23,28)(H,26,27)/t14-,15+/m0/s1. The molecule has 1 aliphatic rings. The number of carbonyl (C=O) groups excluding carboxylic acids is 3. The van der Waals surface area contributed by atoms with Crippen molar-refractivity contribution in [2.45, 2.75) is 77.7 Å². The van der Waals surface area contributed by atoms with Gasteiger partial charge in [0.25, 0.3) is 0 Å². The number of hydrogen-bond donors (Lipinski definition) is 3. The van der Waals surface area contributed by atoms with Crippen LogP contribution in [0.4, 0.5) is 9.59 Å². The van der Waals surface area contributed by atoms with E-state index in [-0.39, 0.29) is 24.4 Å². The number of alkyl carbamates (subject to hydrolysis) is 1. The molecule has 3 N–H and O–H groups in total. The highest BCUT2D eigenvalue weighted by molar-refractivity contribution is 7.99. The lowest BCUT2D eigenvalue weighted by molar-refractivity contribution is -0.138. The minimum atomic E-state index is -1.30. The maximum atomic E-state index is 12.5. The Hall–Kier alpha value is -2.43. The quantitative estimate of drug-likeness (QED) is 0.362. The molecular formula is C21H35N3O7S. The highest BCUT2D eigenvalue weighted by Gasteiger charge is 2.37. The summed E-state index contributed by atoms with van der Waals surface area (Å²) in [5.41, 5.74) is -1.13. The predicted molar refractivity (Wildman–Crippen MR) is 121 cm³/mol. The highest BCUT2D eigenvalue weighted by atomic mass is 32.2. The number of thioether (sulfide) groups is 1. The van der Waals surface area contributed by atoms with Crippen LogP contribution in [0.3, 0.4) is 0 Å². The van der Waals surface area contributed by atoms with Crippen molar-refractivity contribution in [1.29, 1.82) is 0 Å². The molecule has 1 heterocycles. The monoisotopic (exact) mass is 473 g/mol. The van der Waals surface area contributed by atoms with Crippen molar-refractivity contribution in [3.8, 4) is 0 Å². The molecule has 32 heavy (non-hydrogen) atoms. The summed E-state index contributed by atoms with van der Waals surface area (Å²) < 4.78 is 10.4. The second-order valence-electron chi connectivity index (χ2n) is 9.44. The molecule has 0 bridgehead atoms. The lowest BCUT2D eigenvalue weighted by Crippen LogP contribution is -2.48. The fourth-order valence-electron chi connectivity index (χ4n) is 2.71. The Bertz CT molecular complexity index is 728. The number of rotatable bonds is 8. The Balaban J connectivity index is 2.50. The average molecular weight is 474 g/mol. The molecular weight excluding hydrogens is 438 g/mol. The normalized spacial score (nSPS) is 17.3. The first kappa shape index (κ1) is 27.6. The van der Waals surface area contributed by atoms with Crippen LogP contribution in [0.1, 0.15) is 54.4 Å². The summed E-state index contributed by atoms with van der Waals surface area (Å²) >= 11 is 1.47. The van der Waals surface area contributed by atoms with Crippen molar-refractivity contribution in [2.24, 2.45) is 0 Å². The summed E-state index contributed by atoms with van der Waals surface area (Å²) in [6.45, 7) is 14.3. The van der Waals surface area contributed by atoms with Crippen LogP contribution in [0.5, 0.6) is 0 Å². The number of carboxylic acids is 1. The summed E-state index contributed by atoms with van der Waals surface area (Å²) in [7, 11) is 0. The Morgan fingerprint density at radius 2 is 1.72 bits per heavy atom. The van der Waals surface area contributed by atoms with E-state index in [1.807, 2.05) is 0 Å². The third-order valence-corrected chi connectivity index (χ3v) is 5.12. The van der Waals surface area contributed by atoms with Crippen LogP contribution in [-0.2, 0) is 19.1 Å². The summed E-state index contributed by atoms with van der Waals surface area (Å²) in [4.78, 5) is 49.6. The molecule has 3 amide bonds. The average Bonchev–Trinajstić information content (AvgIpc) is 3.09. The van der Waals surface area contributed by atoms with Crippen LogP contribution in [-0.4, -0.2) is 75.5 Å². The number of carboxylic acid groups (broad SMARTS) is 1. The van der Waals surface area contributed by atoms with Gasteiger partial charge in [-0.1, -0.05) is 6.58 Å². The molecule has 0 aromatic rings. The highest BCUT2D eigenvalue weighted by Crippen LogP contribution is 2.23. The van der Waals surface area contributed by atoms with Gasteiger partial charge in [0.15, 0.2) is 6.04 Å². The van der Waals surface area contributed by atoms with Crippen LogP contribution in [0.2, 0.25) is 0 Å². The van der Waals surface area contributed by atoms with E-state index in [4.69, 9.17) is 9.47 Å². The van der Waals surface area contributed by atoms with Gasteiger partial charge in [0.1, 0.15) is 17.2 Å². The lowest BCUT2D eigenvalue weighted by Gasteiger charge is -2.27. The summed E-state index contributed by atoms with van der Waals surface area (Å²) in [6, 6.07) is -1.92. The van der Waals surface area contributed by atoms with Gasteiger partial charge < -0.3 is 25.2 Å². The molecule has 1 saturated heterocycles. The van der Waals surface area contributed by atoms with Gasteiger partial charge in [-0.15, -0.1) is 11.8 Å². The number of nitrogens with zero attached hydrogens (tertiary/aromatic N) is 1. The minimum Gasteiger partial charge on any atom is -0.479 e. The van der Waals surface area contributed by atoms with Gasteiger partial charge in [0.2, 0.25) is 5.91 Å². The van der Waals surface area contributed by atoms with Crippen LogP contribution in [0.15, 0.2) is 12.2 Å². The summed E-state index contributed by atoms with van der Waals surface area (Å²) in [5.74, 6) is -0.701. The molecule has 1 aliphatic heterocycles. The van der Waals surface area contributed by atoms with Crippen molar-refractivity contribution >= 4 is 35.8 Å². The number of hydrogen-bond acceptors (Lipinski definition) is 7. The SMILES string of the molecule is C=C(CCCNC(=O)[C@@H]1CSCN1C(=O)OC(C)(C)C)[C@@H](NC(=O)OC(C)(C)C)C(=O)O. The topological polar surface area (TPSA) is 134 Å². The van der Waals surface area contributed by atoms with E-state index in [9.17, 15) is 24.3 Å². The molecule has 11 heteroatoms. The Labute approximate surface area is 193 Å². The van der Waals surface area contributed by atoms with Gasteiger partial charge in [0.05, 0.1) is 5.88 Å². The van der Waals surface area contributed by atoms with Crippen LogP contribution < -0.4 is 10.6 Å². The van der Waals surface area contributed by atoms with Crippen molar-refractivity contribution in [3.63, 3.8) is 0 Å². The zero-order chi connectivity index (χ0) is 24.7. The molecule has 0 spiro atoms. The third kappa shape index (κ3) is 9.80. The van der Waals surface area contributed by atoms with Crippen LogP contribution in [0, 0.1) is 0 Å². The fourth-order valence-corrected chi connectivity index (χ4v) is 3.86. The van der Waals surface area contributed by atoms with E-state index < -0.39 is 41.4 Å². The molecule has 0 radical (unpaired) electrons. The van der Waals surface area contributed by atoms with E-state index in [2.05, 4.69) is 17.2 Å². The van der Waals surface area contributed by atoms with E-state index in [0.717, 1.165) is 0 Å². The van der Waals surface area contributed by atoms with Gasteiger partial charge in [-0.2, -0.15) is 0 Å². The fraction of sp³-hybridized carbons (Fsp3) is 0.714. The van der Waals surface area contributed by atoms with Gasteiger partial charge >= 0.3 is 18.2 Å². The first-order chi connectivity index (χ1) is 14.6. The zero-order valence-corrected chi connectivity index (χ0v) is 20.5. The van der Waals surface area contributed by atoms with Gasteiger partial charge in [0, 0.05) is 12.3 Å². The van der Waals surface area contributed by atoms with E-state index in [1.54, 1.807) is 41.5 Å². The van der Waals surface area contributed by atoms with Crippen LogP contribution in [0.25, 0.3) is 0 Å². The Morgan fingerprint density at radius 3 is 2.25 bits per heavy atom. The Kier molecular flexibility index (Phi) is 9.87. The number of amides is 3. The van der Waals surface area contributed by atoms with Gasteiger partial charge in [-0.05, 0) is 60.0 Å². The first-order valence-electron chi connectivity index (χ1n) is 10.4. The number of nitrogens with one attached hydrogen (secondary N) is 2. The number of carbonyl (C=O) groups is 4. The maximum absolute atomic E-state index is 12.5. The number of aliphatic carboxylic acids is 1. The molecule has 0 aliphatic carbocycles. The summed E-state index contributed by atoms with van der Waals surface area (Å²) in [6.07, 6.45) is -0.701. The molecule has 0 aromatic heterocycles. The predicted octanol–water partition coefficient (Wildman–Crippen LogP) is 2.73. The minimum absolute atomic E-state index is 0.264. The first-order valence-corrected chi connectivity index (χ1v) is 11.5. The van der Waals surface area contributed by atoms with Crippen molar-refractivity contribution < 1.29 is 33.8 Å². The third-order valence-electron chi connectivity index (χ3n) is 4.10. The number of ether oxygens (including phenoxy) is 2. The molecule has 1 fully saturated rings. The second kappa shape index (κ2) is 11.4. The molecule has 0 unspecified atom stereocenters. The van der Waals surface area contributed by atoms with Gasteiger partial charge in [-0.3, -0.25) is 9.69 Å². The molecule has 0 saturated carbocycles. The zero-order valence-electron chi connectivity index (χ0n) is 19.6. The van der Waals surface area contributed by atoms with Crippen molar-refractivity contribution in [2.75, 3.05) is 18.2 Å². The van der Waals surface area contributed by atoms with Gasteiger partial charge in [-0.25, -0.2) is 14.4 Å². The summed E-state index contributed by atoms with van der Waals surface area (Å²) in [5, 5.41) is 14.4. The van der Waals surface area contributed by atoms with E-state index in [1.165, 1.54) is 16.7 Å². The van der Waals surface area contributed by atoms with Crippen molar-refractivity contribution in [3.05, 3.63) is 12.2 Å². The second-order valence-corrected chi connectivity index (χ2v) is 10.4. The van der Waals surface area contributed by atoms with Crippen LogP contribution >= 0.6 is 11.8 Å².